The molecule has 68 valence electrons. The summed E-state index contributed by atoms with van der Waals surface area (Å²) in [5, 5.41) is 0. The maximum Gasteiger partial charge on any atom is 0.107 e. The van der Waals surface area contributed by atoms with Gasteiger partial charge in [-0.05, 0) is 26.8 Å². The SMILES string of the molecule is Cc1nc2ccncc2n1C(C)C. The van der Waals surface area contributed by atoms with Crippen LogP contribution in [0.3, 0.4) is 0 Å². The standard InChI is InChI=1S/C10H13N3/c1-7(2)13-8(3)12-9-4-5-11-6-10(9)13/h4-7H,1-3H3. The topological polar surface area (TPSA) is 30.7 Å². The van der Waals surface area contributed by atoms with E-state index in [1.807, 2.05) is 19.2 Å². The van der Waals surface area contributed by atoms with Gasteiger partial charge in [0, 0.05) is 12.2 Å². The summed E-state index contributed by atoms with van der Waals surface area (Å²) in [5.41, 5.74) is 2.15. The van der Waals surface area contributed by atoms with Crippen LogP contribution in [-0.4, -0.2) is 14.5 Å². The van der Waals surface area contributed by atoms with Gasteiger partial charge in [-0.25, -0.2) is 4.98 Å². The fourth-order valence-electron chi connectivity index (χ4n) is 1.71. The van der Waals surface area contributed by atoms with E-state index in [0.29, 0.717) is 6.04 Å². The van der Waals surface area contributed by atoms with Crippen LogP contribution in [0.15, 0.2) is 18.5 Å². The number of hydrogen-bond donors (Lipinski definition) is 0. The third-order valence-corrected chi connectivity index (χ3v) is 2.18. The minimum atomic E-state index is 0.439. The molecule has 2 heterocycles. The van der Waals surface area contributed by atoms with Crippen LogP contribution in [-0.2, 0) is 0 Å². The molecule has 13 heavy (non-hydrogen) atoms. The number of imidazole rings is 1. The lowest BCUT2D eigenvalue weighted by Gasteiger charge is -2.09. The van der Waals surface area contributed by atoms with Gasteiger partial charge in [-0.1, -0.05) is 0 Å². The Bertz CT molecular complexity index is 429. The number of fused-ring (bicyclic) bond motifs is 1. The molecule has 0 unspecified atom stereocenters. The van der Waals surface area contributed by atoms with Gasteiger partial charge in [0.25, 0.3) is 0 Å². The van der Waals surface area contributed by atoms with Crippen molar-refractivity contribution in [2.75, 3.05) is 0 Å². The first-order valence-corrected chi connectivity index (χ1v) is 4.48. The van der Waals surface area contributed by atoms with Crippen LogP contribution in [0.5, 0.6) is 0 Å². The van der Waals surface area contributed by atoms with Crippen LogP contribution in [0.1, 0.15) is 25.7 Å². The van der Waals surface area contributed by atoms with E-state index < -0.39 is 0 Å². The predicted octanol–water partition coefficient (Wildman–Crippen LogP) is 2.32. The first kappa shape index (κ1) is 8.23. The maximum absolute atomic E-state index is 4.46. The van der Waals surface area contributed by atoms with Crippen molar-refractivity contribution < 1.29 is 0 Å². The zero-order valence-electron chi connectivity index (χ0n) is 8.15. The number of aryl methyl sites for hydroxylation is 1. The summed E-state index contributed by atoms with van der Waals surface area (Å²) in [6.07, 6.45) is 3.65. The van der Waals surface area contributed by atoms with Crippen molar-refractivity contribution in [2.24, 2.45) is 0 Å². The second kappa shape index (κ2) is 2.83. The lowest BCUT2D eigenvalue weighted by molar-refractivity contribution is 0.599. The molecule has 0 radical (unpaired) electrons. The summed E-state index contributed by atoms with van der Waals surface area (Å²) in [5.74, 6) is 1.05. The fraction of sp³-hybridized carbons (Fsp3) is 0.400. The monoisotopic (exact) mass is 175 g/mol. The second-order valence-electron chi connectivity index (χ2n) is 3.49. The number of hydrogen-bond acceptors (Lipinski definition) is 2. The van der Waals surface area contributed by atoms with E-state index in [2.05, 4.69) is 28.4 Å². The molecule has 0 saturated carbocycles. The Hall–Kier alpha value is -1.38. The van der Waals surface area contributed by atoms with Crippen molar-refractivity contribution in [1.82, 2.24) is 14.5 Å². The summed E-state index contributed by atoms with van der Waals surface area (Å²) < 4.78 is 2.20. The quantitative estimate of drug-likeness (QED) is 0.666. The summed E-state index contributed by atoms with van der Waals surface area (Å²) in [4.78, 5) is 8.57. The van der Waals surface area contributed by atoms with Gasteiger partial charge in [0.1, 0.15) is 5.82 Å². The maximum atomic E-state index is 4.46. The Morgan fingerprint density at radius 2 is 2.15 bits per heavy atom. The zero-order valence-corrected chi connectivity index (χ0v) is 8.15. The molecule has 2 rings (SSSR count). The van der Waals surface area contributed by atoms with Crippen LogP contribution in [0.2, 0.25) is 0 Å². The summed E-state index contributed by atoms with van der Waals surface area (Å²) >= 11 is 0. The van der Waals surface area contributed by atoms with Crippen molar-refractivity contribution in [1.29, 1.82) is 0 Å². The molecule has 0 bridgehead atoms. The highest BCUT2D eigenvalue weighted by Crippen LogP contribution is 2.18. The Labute approximate surface area is 77.4 Å². The fourth-order valence-corrected chi connectivity index (χ4v) is 1.71. The normalized spacial score (nSPS) is 11.4. The molecule has 0 atom stereocenters. The smallest absolute Gasteiger partial charge is 0.107 e. The van der Waals surface area contributed by atoms with E-state index in [9.17, 15) is 0 Å². The second-order valence-corrected chi connectivity index (χ2v) is 3.49. The average Bonchev–Trinajstić information content (AvgIpc) is 2.39. The highest BCUT2D eigenvalue weighted by Gasteiger charge is 2.08. The van der Waals surface area contributed by atoms with Gasteiger partial charge < -0.3 is 4.57 Å². The molecule has 0 fully saturated rings. The van der Waals surface area contributed by atoms with E-state index >= 15 is 0 Å². The van der Waals surface area contributed by atoms with E-state index in [0.717, 1.165) is 16.9 Å². The van der Waals surface area contributed by atoms with E-state index in [-0.39, 0.29) is 0 Å². The summed E-state index contributed by atoms with van der Waals surface area (Å²) in [6.45, 7) is 6.34. The Morgan fingerprint density at radius 3 is 2.85 bits per heavy atom. The average molecular weight is 175 g/mol. The molecule has 0 N–H and O–H groups in total. The van der Waals surface area contributed by atoms with Gasteiger partial charge >= 0.3 is 0 Å². The molecule has 2 aromatic heterocycles. The van der Waals surface area contributed by atoms with Crippen LogP contribution >= 0.6 is 0 Å². The van der Waals surface area contributed by atoms with Crippen molar-refractivity contribution >= 4 is 11.0 Å². The largest absolute Gasteiger partial charge is 0.324 e. The van der Waals surface area contributed by atoms with Crippen LogP contribution < -0.4 is 0 Å². The van der Waals surface area contributed by atoms with Crippen molar-refractivity contribution in [3.8, 4) is 0 Å². The number of pyridine rings is 1. The summed E-state index contributed by atoms with van der Waals surface area (Å²) in [7, 11) is 0. The van der Waals surface area contributed by atoms with Crippen LogP contribution in [0, 0.1) is 6.92 Å². The number of aromatic nitrogens is 3. The molecule has 0 aliphatic carbocycles. The molecule has 0 aliphatic rings. The Balaban J connectivity index is 2.78. The van der Waals surface area contributed by atoms with E-state index in [1.165, 1.54) is 0 Å². The molecule has 3 heteroatoms. The van der Waals surface area contributed by atoms with Crippen molar-refractivity contribution in [3.05, 3.63) is 24.3 Å². The van der Waals surface area contributed by atoms with Gasteiger partial charge in [0.2, 0.25) is 0 Å². The molecule has 0 amide bonds. The van der Waals surface area contributed by atoms with Gasteiger partial charge in [0.15, 0.2) is 0 Å². The van der Waals surface area contributed by atoms with E-state index in [4.69, 9.17) is 0 Å². The third kappa shape index (κ3) is 1.20. The van der Waals surface area contributed by atoms with Crippen molar-refractivity contribution in [3.63, 3.8) is 0 Å². The Kier molecular flexibility index (Phi) is 1.79. The molecule has 0 aliphatic heterocycles. The molecule has 3 nitrogen and oxygen atoms in total. The first-order valence-electron chi connectivity index (χ1n) is 4.48. The van der Waals surface area contributed by atoms with E-state index in [1.54, 1.807) is 6.20 Å². The minimum absolute atomic E-state index is 0.439. The highest BCUT2D eigenvalue weighted by atomic mass is 15.1. The van der Waals surface area contributed by atoms with Gasteiger partial charge in [0.05, 0.1) is 17.2 Å². The lowest BCUT2D eigenvalue weighted by Crippen LogP contribution is -2.02. The molecular weight excluding hydrogens is 162 g/mol. The zero-order chi connectivity index (χ0) is 9.42. The summed E-state index contributed by atoms with van der Waals surface area (Å²) in [6, 6.07) is 2.38. The third-order valence-electron chi connectivity index (χ3n) is 2.18. The predicted molar refractivity (Wildman–Crippen MR) is 52.7 cm³/mol. The van der Waals surface area contributed by atoms with Crippen LogP contribution in [0.4, 0.5) is 0 Å². The Morgan fingerprint density at radius 1 is 1.38 bits per heavy atom. The van der Waals surface area contributed by atoms with Gasteiger partial charge in [-0.3, -0.25) is 4.98 Å². The molecular formula is C10H13N3. The molecule has 2 aromatic rings. The van der Waals surface area contributed by atoms with Gasteiger partial charge in [-0.15, -0.1) is 0 Å². The minimum Gasteiger partial charge on any atom is -0.324 e. The first-order chi connectivity index (χ1) is 6.20. The van der Waals surface area contributed by atoms with Crippen molar-refractivity contribution in [2.45, 2.75) is 26.8 Å². The lowest BCUT2D eigenvalue weighted by atomic mass is 10.3. The molecule has 0 spiro atoms. The molecule has 0 aromatic carbocycles. The van der Waals surface area contributed by atoms with Gasteiger partial charge in [-0.2, -0.15) is 0 Å². The highest BCUT2D eigenvalue weighted by molar-refractivity contribution is 5.74. The molecule has 0 saturated heterocycles. The number of nitrogens with zero attached hydrogens (tertiary/aromatic N) is 3. The van der Waals surface area contributed by atoms with Crippen LogP contribution in [0.25, 0.3) is 11.0 Å². The number of rotatable bonds is 1.